The van der Waals surface area contributed by atoms with E-state index in [0.717, 1.165) is 34.8 Å². The number of fused-ring (bicyclic) bond motifs is 1. The number of hydrogen-bond donors (Lipinski definition) is 2. The number of allylic oxidation sites excluding steroid dienone is 2. The Morgan fingerprint density at radius 1 is 1.45 bits per heavy atom. The minimum absolute atomic E-state index is 0.206. The van der Waals surface area contributed by atoms with Crippen molar-refractivity contribution < 1.29 is 0 Å². The molecule has 1 unspecified atom stereocenters. The fraction of sp³-hybridized carbons (Fsp3) is 0.176. The molecule has 5 nitrogen and oxygen atoms in total. The number of anilines is 1. The summed E-state index contributed by atoms with van der Waals surface area (Å²) in [6, 6.07) is 7.83. The van der Waals surface area contributed by atoms with Gasteiger partial charge in [-0.15, -0.1) is 0 Å². The van der Waals surface area contributed by atoms with Crippen LogP contribution in [0.25, 0.3) is 17.5 Å². The quantitative estimate of drug-likeness (QED) is 0.673. The molecule has 2 heterocycles. The van der Waals surface area contributed by atoms with Crippen LogP contribution >= 0.6 is 0 Å². The van der Waals surface area contributed by atoms with Crippen molar-refractivity contribution in [2.75, 3.05) is 12.8 Å². The summed E-state index contributed by atoms with van der Waals surface area (Å²) in [5.74, 6) is 1.21. The third-order valence-electron chi connectivity index (χ3n) is 3.82. The Morgan fingerprint density at radius 3 is 3.05 bits per heavy atom. The van der Waals surface area contributed by atoms with Gasteiger partial charge < -0.3 is 16.0 Å². The first-order valence-corrected chi connectivity index (χ1v) is 7.17. The number of rotatable bonds is 3. The van der Waals surface area contributed by atoms with E-state index in [9.17, 15) is 0 Å². The second kappa shape index (κ2) is 5.89. The first kappa shape index (κ1) is 14.1. The first-order valence-electron chi connectivity index (χ1n) is 7.17. The fourth-order valence-electron chi connectivity index (χ4n) is 2.72. The number of aliphatic imine (C=N–C) groups is 1. The Labute approximate surface area is 129 Å². The van der Waals surface area contributed by atoms with E-state index in [2.05, 4.69) is 20.6 Å². The van der Waals surface area contributed by atoms with Gasteiger partial charge in [-0.2, -0.15) is 0 Å². The van der Waals surface area contributed by atoms with Crippen LogP contribution in [0.2, 0.25) is 0 Å². The second-order valence-corrected chi connectivity index (χ2v) is 5.26. The Kier molecular flexibility index (Phi) is 3.78. The molecule has 1 atom stereocenters. The molecule has 22 heavy (non-hydrogen) atoms. The van der Waals surface area contributed by atoms with Crippen molar-refractivity contribution in [1.82, 2.24) is 9.55 Å². The van der Waals surface area contributed by atoms with Crippen LogP contribution in [0.3, 0.4) is 0 Å². The summed E-state index contributed by atoms with van der Waals surface area (Å²) < 4.78 is 2.10. The molecule has 5 heteroatoms. The number of benzene rings is 1. The van der Waals surface area contributed by atoms with E-state index >= 15 is 0 Å². The zero-order chi connectivity index (χ0) is 15.5. The van der Waals surface area contributed by atoms with E-state index in [1.807, 2.05) is 36.7 Å². The molecule has 4 N–H and O–H groups in total. The molecule has 0 spiro atoms. The summed E-state index contributed by atoms with van der Waals surface area (Å²) >= 11 is 0. The van der Waals surface area contributed by atoms with Crippen LogP contribution in [0.5, 0.6) is 0 Å². The average Bonchev–Trinajstić information content (AvgIpc) is 2.95. The van der Waals surface area contributed by atoms with E-state index in [0.29, 0.717) is 0 Å². The molecule has 1 aromatic carbocycles. The lowest BCUT2D eigenvalue weighted by Gasteiger charge is -2.19. The van der Waals surface area contributed by atoms with Crippen molar-refractivity contribution in [2.45, 2.75) is 6.42 Å². The van der Waals surface area contributed by atoms with Gasteiger partial charge in [0.15, 0.2) is 0 Å². The number of nitrogen functional groups attached to an aromatic ring is 1. The molecule has 0 bridgehead atoms. The molecule has 0 fully saturated rings. The monoisotopic (exact) mass is 293 g/mol. The molecular formula is C17H19N5. The minimum atomic E-state index is 0.206. The predicted molar refractivity (Wildman–Crippen MR) is 91.3 cm³/mol. The fourth-order valence-corrected chi connectivity index (χ4v) is 2.72. The van der Waals surface area contributed by atoms with E-state index in [1.54, 1.807) is 19.5 Å². The standard InChI is InChI=1S/C17H19N5/c1-20-10-14(9-18)12-5-6-22-16(11-21-17(22)8-12)13-3-2-4-15(19)7-13/h2-7,9-12H,8,18-19H2,1H3. The van der Waals surface area contributed by atoms with E-state index in [1.165, 1.54) is 0 Å². The molecule has 1 aliphatic heterocycles. The average molecular weight is 293 g/mol. The van der Waals surface area contributed by atoms with Gasteiger partial charge in [0, 0.05) is 43.1 Å². The van der Waals surface area contributed by atoms with Gasteiger partial charge in [0.05, 0.1) is 11.9 Å². The van der Waals surface area contributed by atoms with Gasteiger partial charge in [-0.1, -0.05) is 18.2 Å². The Balaban J connectivity index is 1.94. The third-order valence-corrected chi connectivity index (χ3v) is 3.82. The predicted octanol–water partition coefficient (Wildman–Crippen LogP) is 2.32. The number of imidazole rings is 1. The molecule has 2 aromatic rings. The van der Waals surface area contributed by atoms with Gasteiger partial charge in [0.2, 0.25) is 0 Å². The normalized spacial score (nSPS) is 17.9. The van der Waals surface area contributed by atoms with Crippen LogP contribution < -0.4 is 11.5 Å². The highest BCUT2D eigenvalue weighted by atomic mass is 15.1. The van der Waals surface area contributed by atoms with Crippen LogP contribution in [0.15, 0.2) is 53.3 Å². The SMILES string of the molecule is CN=CC(=CN)C1C=Cn2c(-c3cccc(N)c3)cnc2C1. The summed E-state index contributed by atoms with van der Waals surface area (Å²) in [4.78, 5) is 8.60. The van der Waals surface area contributed by atoms with E-state index < -0.39 is 0 Å². The summed E-state index contributed by atoms with van der Waals surface area (Å²) in [6.07, 6.45) is 10.3. The molecular weight excluding hydrogens is 274 g/mol. The Hall–Kier alpha value is -2.82. The molecule has 3 rings (SSSR count). The highest BCUT2D eigenvalue weighted by Crippen LogP contribution is 2.28. The maximum atomic E-state index is 5.87. The number of hydrogen-bond acceptors (Lipinski definition) is 4. The van der Waals surface area contributed by atoms with E-state index in [-0.39, 0.29) is 5.92 Å². The van der Waals surface area contributed by atoms with Gasteiger partial charge in [0.25, 0.3) is 0 Å². The highest BCUT2D eigenvalue weighted by molar-refractivity contribution is 5.80. The maximum absolute atomic E-state index is 5.87. The largest absolute Gasteiger partial charge is 0.404 e. The molecule has 0 radical (unpaired) electrons. The molecule has 112 valence electrons. The molecule has 1 aliphatic rings. The summed E-state index contributed by atoms with van der Waals surface area (Å²) in [7, 11) is 1.74. The summed E-state index contributed by atoms with van der Waals surface area (Å²) in [6.45, 7) is 0. The number of aromatic nitrogens is 2. The van der Waals surface area contributed by atoms with Crippen LogP contribution in [0.1, 0.15) is 5.82 Å². The lowest BCUT2D eigenvalue weighted by molar-refractivity contribution is 0.706. The van der Waals surface area contributed by atoms with Crippen molar-refractivity contribution in [1.29, 1.82) is 0 Å². The maximum Gasteiger partial charge on any atom is 0.114 e. The van der Waals surface area contributed by atoms with Gasteiger partial charge in [-0.05, 0) is 23.9 Å². The summed E-state index contributed by atoms with van der Waals surface area (Å²) in [5, 5.41) is 0. The van der Waals surface area contributed by atoms with Crippen molar-refractivity contribution in [2.24, 2.45) is 16.6 Å². The van der Waals surface area contributed by atoms with Gasteiger partial charge >= 0.3 is 0 Å². The molecule has 0 saturated heterocycles. The van der Waals surface area contributed by atoms with Gasteiger partial charge in [0.1, 0.15) is 5.82 Å². The topological polar surface area (TPSA) is 82.2 Å². The van der Waals surface area contributed by atoms with Crippen LogP contribution in [0, 0.1) is 5.92 Å². The summed E-state index contributed by atoms with van der Waals surface area (Å²) in [5.41, 5.74) is 15.4. The second-order valence-electron chi connectivity index (χ2n) is 5.26. The first-order chi connectivity index (χ1) is 10.7. The molecule has 0 aliphatic carbocycles. The van der Waals surface area contributed by atoms with Crippen molar-refractivity contribution in [3.05, 3.63) is 54.1 Å². The van der Waals surface area contributed by atoms with Crippen molar-refractivity contribution in [3.8, 4) is 11.3 Å². The Bertz CT molecular complexity index is 767. The number of nitrogens with two attached hydrogens (primary N) is 2. The highest BCUT2D eigenvalue weighted by Gasteiger charge is 2.20. The van der Waals surface area contributed by atoms with E-state index in [4.69, 9.17) is 11.5 Å². The van der Waals surface area contributed by atoms with Crippen LogP contribution in [-0.4, -0.2) is 22.8 Å². The zero-order valence-electron chi connectivity index (χ0n) is 12.5. The molecule has 1 aromatic heterocycles. The van der Waals surface area contributed by atoms with Gasteiger partial charge in [-0.25, -0.2) is 4.98 Å². The smallest absolute Gasteiger partial charge is 0.114 e. The zero-order valence-corrected chi connectivity index (χ0v) is 12.5. The number of nitrogens with zero attached hydrogens (tertiary/aromatic N) is 3. The van der Waals surface area contributed by atoms with Crippen LogP contribution in [-0.2, 0) is 6.42 Å². The third kappa shape index (κ3) is 2.53. The molecule has 0 amide bonds. The van der Waals surface area contributed by atoms with Crippen molar-refractivity contribution >= 4 is 18.1 Å². The van der Waals surface area contributed by atoms with Gasteiger partial charge in [-0.3, -0.25) is 4.99 Å². The van der Waals surface area contributed by atoms with Crippen molar-refractivity contribution in [3.63, 3.8) is 0 Å². The lowest BCUT2D eigenvalue weighted by Crippen LogP contribution is -2.15. The molecule has 0 saturated carbocycles. The van der Waals surface area contributed by atoms with Crippen LogP contribution in [0.4, 0.5) is 5.69 Å². The minimum Gasteiger partial charge on any atom is -0.404 e. The Morgan fingerprint density at radius 2 is 2.32 bits per heavy atom. The lowest BCUT2D eigenvalue weighted by atomic mass is 9.94.